The monoisotopic (exact) mass is 503 g/mol. The summed E-state index contributed by atoms with van der Waals surface area (Å²) < 4.78 is 5.37. The highest BCUT2D eigenvalue weighted by Gasteiger charge is 2.17. The van der Waals surface area contributed by atoms with Crippen LogP contribution in [0.3, 0.4) is 0 Å². The van der Waals surface area contributed by atoms with Crippen LogP contribution in [0.15, 0.2) is 23.3 Å². The molecule has 0 atom stereocenters. The van der Waals surface area contributed by atoms with Crippen LogP contribution < -0.4 is 16.0 Å². The van der Waals surface area contributed by atoms with Crippen molar-refractivity contribution in [3.63, 3.8) is 0 Å². The Labute approximate surface area is 185 Å². The van der Waals surface area contributed by atoms with Crippen molar-refractivity contribution in [3.05, 3.63) is 23.9 Å². The normalized spacial score (nSPS) is 19.3. The number of halogens is 1. The minimum atomic E-state index is 0. The molecule has 0 spiro atoms. The zero-order valence-corrected chi connectivity index (χ0v) is 19.2. The average Bonchev–Trinajstić information content (AvgIpc) is 2.71. The summed E-state index contributed by atoms with van der Waals surface area (Å²) in [5, 5.41) is 3.23. The lowest BCUT2D eigenvalue weighted by atomic mass is 10.2. The maximum Gasteiger partial charge on any atom is 0.188 e. The van der Waals surface area contributed by atoms with Gasteiger partial charge in [-0.25, -0.2) is 9.98 Å². The lowest BCUT2D eigenvalue weighted by Gasteiger charge is -2.34. The van der Waals surface area contributed by atoms with Crippen molar-refractivity contribution >= 4 is 35.8 Å². The fourth-order valence-electron chi connectivity index (χ4n) is 3.43. The molecule has 0 radical (unpaired) electrons. The van der Waals surface area contributed by atoms with E-state index in [-0.39, 0.29) is 24.0 Å². The zero-order chi connectivity index (χ0) is 18.9. The Morgan fingerprint density at radius 2 is 1.96 bits per heavy atom. The lowest BCUT2D eigenvalue weighted by molar-refractivity contribution is 0.0376. The number of hydrogen-bond donors (Lipinski definition) is 2. The van der Waals surface area contributed by atoms with Crippen LogP contribution in [0.5, 0.6) is 0 Å². The van der Waals surface area contributed by atoms with Gasteiger partial charge in [0.05, 0.1) is 19.8 Å². The van der Waals surface area contributed by atoms with Gasteiger partial charge in [0.25, 0.3) is 0 Å². The number of aromatic nitrogens is 1. The molecule has 0 bridgehead atoms. The van der Waals surface area contributed by atoms with E-state index in [0.29, 0.717) is 12.5 Å². The summed E-state index contributed by atoms with van der Waals surface area (Å²) in [6, 6.07) is 4.06. The Morgan fingerprint density at radius 3 is 2.71 bits per heavy atom. The van der Waals surface area contributed by atoms with Crippen LogP contribution >= 0.6 is 24.0 Å². The second-order valence-corrected chi connectivity index (χ2v) is 7.21. The maximum atomic E-state index is 6.05. The van der Waals surface area contributed by atoms with Crippen molar-refractivity contribution in [2.75, 3.05) is 77.5 Å². The number of hydrogen-bond acceptors (Lipinski definition) is 6. The van der Waals surface area contributed by atoms with Gasteiger partial charge in [-0.2, -0.15) is 0 Å². The van der Waals surface area contributed by atoms with Gasteiger partial charge >= 0.3 is 0 Å². The Balaban J connectivity index is 0.00000280. The van der Waals surface area contributed by atoms with Crippen LogP contribution in [-0.2, 0) is 11.3 Å². The predicted molar refractivity (Wildman–Crippen MR) is 125 cm³/mol. The highest BCUT2D eigenvalue weighted by molar-refractivity contribution is 14.0. The summed E-state index contributed by atoms with van der Waals surface area (Å²) in [4.78, 5) is 16.2. The molecular formula is C19H34IN7O. The number of guanidine groups is 1. The highest BCUT2D eigenvalue weighted by Crippen LogP contribution is 2.19. The molecule has 1 aromatic heterocycles. The molecule has 2 aliphatic heterocycles. The summed E-state index contributed by atoms with van der Waals surface area (Å²) in [6.45, 7) is 10.3. The molecule has 0 aromatic carbocycles. The maximum absolute atomic E-state index is 6.05. The number of anilines is 1. The van der Waals surface area contributed by atoms with Crippen LogP contribution in [0.4, 0.5) is 5.82 Å². The van der Waals surface area contributed by atoms with E-state index in [1.165, 1.54) is 0 Å². The third-order valence-electron chi connectivity index (χ3n) is 5.15. The number of aliphatic imine (C=N–C) groups is 1. The molecule has 8 nitrogen and oxygen atoms in total. The quantitative estimate of drug-likeness (QED) is 0.244. The fourth-order valence-corrected chi connectivity index (χ4v) is 3.43. The van der Waals surface area contributed by atoms with E-state index < -0.39 is 0 Å². The van der Waals surface area contributed by atoms with Crippen LogP contribution in [-0.4, -0.2) is 93.4 Å². The van der Waals surface area contributed by atoms with Gasteiger partial charge in [0.15, 0.2) is 5.96 Å². The Hall–Kier alpha value is -1.17. The van der Waals surface area contributed by atoms with Crippen molar-refractivity contribution in [1.82, 2.24) is 20.1 Å². The number of pyridine rings is 1. The largest absolute Gasteiger partial charge is 0.379 e. The molecule has 0 amide bonds. The van der Waals surface area contributed by atoms with E-state index in [1.807, 2.05) is 12.3 Å². The van der Waals surface area contributed by atoms with Gasteiger partial charge in [0.1, 0.15) is 5.82 Å². The smallest absolute Gasteiger partial charge is 0.188 e. The number of ether oxygens (including phenoxy) is 1. The molecule has 3 heterocycles. The van der Waals surface area contributed by atoms with Crippen molar-refractivity contribution < 1.29 is 4.74 Å². The van der Waals surface area contributed by atoms with Crippen molar-refractivity contribution in [2.24, 2.45) is 10.7 Å². The first-order valence-electron chi connectivity index (χ1n) is 9.93. The molecular weight excluding hydrogens is 469 g/mol. The van der Waals surface area contributed by atoms with Gasteiger partial charge in [-0.1, -0.05) is 6.07 Å². The number of rotatable bonds is 7. The summed E-state index contributed by atoms with van der Waals surface area (Å²) in [5.74, 6) is 1.54. The first-order chi connectivity index (χ1) is 13.2. The molecule has 2 saturated heterocycles. The second kappa shape index (κ2) is 12.4. The number of morpholine rings is 1. The summed E-state index contributed by atoms with van der Waals surface area (Å²) >= 11 is 0. The molecule has 0 saturated carbocycles. The third kappa shape index (κ3) is 7.34. The Bertz CT molecular complexity index is 602. The Morgan fingerprint density at radius 1 is 1.21 bits per heavy atom. The molecule has 0 unspecified atom stereocenters. The van der Waals surface area contributed by atoms with E-state index in [2.05, 4.69) is 43.1 Å². The Kier molecular flexibility index (Phi) is 10.2. The van der Waals surface area contributed by atoms with E-state index in [1.54, 1.807) is 0 Å². The van der Waals surface area contributed by atoms with Gasteiger partial charge in [0, 0.05) is 57.6 Å². The molecule has 2 aliphatic rings. The van der Waals surface area contributed by atoms with Gasteiger partial charge in [-0.15, -0.1) is 24.0 Å². The van der Waals surface area contributed by atoms with Crippen LogP contribution in [0.2, 0.25) is 0 Å². The molecule has 3 N–H and O–H groups in total. The van der Waals surface area contributed by atoms with Crippen molar-refractivity contribution in [2.45, 2.75) is 13.0 Å². The molecule has 9 heteroatoms. The summed E-state index contributed by atoms with van der Waals surface area (Å²) in [5.41, 5.74) is 7.18. The van der Waals surface area contributed by atoms with Crippen molar-refractivity contribution in [3.8, 4) is 0 Å². The van der Waals surface area contributed by atoms with Gasteiger partial charge in [-0.3, -0.25) is 4.90 Å². The van der Waals surface area contributed by atoms with E-state index in [9.17, 15) is 0 Å². The average molecular weight is 503 g/mol. The first kappa shape index (κ1) is 23.1. The van der Waals surface area contributed by atoms with Gasteiger partial charge in [0.2, 0.25) is 0 Å². The van der Waals surface area contributed by atoms with Crippen LogP contribution in [0.1, 0.15) is 12.0 Å². The fraction of sp³-hybridized carbons (Fsp3) is 0.684. The minimum absolute atomic E-state index is 0. The molecule has 0 aliphatic carbocycles. The second-order valence-electron chi connectivity index (χ2n) is 7.21. The molecule has 28 heavy (non-hydrogen) atoms. The summed E-state index contributed by atoms with van der Waals surface area (Å²) in [6.07, 6.45) is 2.91. The zero-order valence-electron chi connectivity index (χ0n) is 16.8. The molecule has 2 fully saturated rings. The number of likely N-dealkylation sites (N-methyl/N-ethyl adjacent to an activating group) is 1. The van der Waals surface area contributed by atoms with Gasteiger partial charge in [-0.05, 0) is 26.1 Å². The van der Waals surface area contributed by atoms with Crippen LogP contribution in [0, 0.1) is 0 Å². The predicted octanol–water partition coefficient (Wildman–Crippen LogP) is 0.578. The van der Waals surface area contributed by atoms with E-state index in [0.717, 1.165) is 83.4 Å². The lowest BCUT2D eigenvalue weighted by Crippen LogP contribution is -2.45. The molecule has 3 rings (SSSR count). The summed E-state index contributed by atoms with van der Waals surface area (Å²) in [7, 11) is 2.16. The molecule has 1 aromatic rings. The van der Waals surface area contributed by atoms with E-state index >= 15 is 0 Å². The first-order valence-corrected chi connectivity index (χ1v) is 9.93. The number of nitrogens with zero attached hydrogens (tertiary/aromatic N) is 5. The number of piperazine rings is 1. The highest BCUT2D eigenvalue weighted by atomic mass is 127. The topological polar surface area (TPSA) is 82.2 Å². The number of nitrogens with two attached hydrogens (primary N) is 1. The minimum Gasteiger partial charge on any atom is -0.379 e. The van der Waals surface area contributed by atoms with Crippen LogP contribution in [0.25, 0.3) is 0 Å². The van der Waals surface area contributed by atoms with E-state index in [4.69, 9.17) is 10.5 Å². The standard InChI is InChI=1S/C19H33N7O.HI/c1-24-8-10-26(11-9-24)18-17(4-2-5-21-18)16-23-19(20)22-6-3-7-25-12-14-27-15-13-25;/h2,4-5H,3,6-16H2,1H3,(H3,20,22,23);1H. The van der Waals surface area contributed by atoms with Crippen molar-refractivity contribution in [1.29, 1.82) is 0 Å². The number of nitrogens with one attached hydrogen (secondary N) is 1. The SMILES string of the molecule is CN1CCN(c2ncccc2CN=C(N)NCCCN2CCOCC2)CC1.I. The third-order valence-corrected chi connectivity index (χ3v) is 5.15. The van der Waals surface area contributed by atoms with Gasteiger partial charge < -0.3 is 25.6 Å². The molecule has 158 valence electrons.